The highest BCUT2D eigenvalue weighted by molar-refractivity contribution is 5.73. The third-order valence-corrected chi connectivity index (χ3v) is 1.44. The van der Waals surface area contributed by atoms with Crippen LogP contribution < -0.4 is 10.6 Å². The first-order valence-corrected chi connectivity index (χ1v) is 4.16. The van der Waals surface area contributed by atoms with Gasteiger partial charge in [-0.05, 0) is 13.8 Å². The fourth-order valence-electron chi connectivity index (χ4n) is 0.890. The van der Waals surface area contributed by atoms with Crippen molar-refractivity contribution in [2.24, 2.45) is 0 Å². The van der Waals surface area contributed by atoms with E-state index in [1.807, 2.05) is 13.8 Å². The molecule has 0 saturated heterocycles. The Morgan fingerprint density at radius 3 is 2.92 bits per heavy atom. The molecule has 0 aliphatic carbocycles. The van der Waals surface area contributed by atoms with E-state index in [1.165, 1.54) is 0 Å². The van der Waals surface area contributed by atoms with Gasteiger partial charge in [0.2, 0.25) is 0 Å². The number of amides is 2. The number of urea groups is 1. The molecule has 2 amide bonds. The summed E-state index contributed by atoms with van der Waals surface area (Å²) in [6.07, 6.45) is 0. The number of rotatable bonds is 3. The monoisotopic (exact) mass is 183 g/mol. The van der Waals surface area contributed by atoms with Crippen LogP contribution >= 0.6 is 0 Å². The lowest BCUT2D eigenvalue weighted by Crippen LogP contribution is -2.34. The Hall–Kier alpha value is -1.52. The molecular formula is C8H13N3O2. The Balaban J connectivity index is 2.30. The molecule has 1 heterocycles. The lowest BCUT2D eigenvalue weighted by Gasteiger charge is -2.01. The maximum Gasteiger partial charge on any atom is 0.315 e. The van der Waals surface area contributed by atoms with Crippen LogP contribution in [0.25, 0.3) is 0 Å². The third kappa shape index (κ3) is 3.14. The number of hydrogen-bond donors (Lipinski definition) is 2. The van der Waals surface area contributed by atoms with Crippen molar-refractivity contribution in [2.45, 2.75) is 20.4 Å². The smallest absolute Gasteiger partial charge is 0.315 e. The summed E-state index contributed by atoms with van der Waals surface area (Å²) >= 11 is 0. The maximum absolute atomic E-state index is 10.9. The van der Waals surface area contributed by atoms with Gasteiger partial charge >= 0.3 is 6.03 Å². The number of nitrogens with one attached hydrogen (secondary N) is 2. The highest BCUT2D eigenvalue weighted by atomic mass is 16.5. The van der Waals surface area contributed by atoms with E-state index in [9.17, 15) is 4.79 Å². The van der Waals surface area contributed by atoms with Crippen LogP contribution in [-0.4, -0.2) is 17.7 Å². The Labute approximate surface area is 76.5 Å². The van der Waals surface area contributed by atoms with E-state index in [2.05, 4.69) is 15.8 Å². The first-order chi connectivity index (χ1) is 6.22. The van der Waals surface area contributed by atoms with E-state index >= 15 is 0 Å². The van der Waals surface area contributed by atoms with E-state index < -0.39 is 0 Å². The molecule has 2 N–H and O–H groups in total. The minimum absolute atomic E-state index is 0.198. The molecule has 0 aromatic carbocycles. The topological polar surface area (TPSA) is 67.2 Å². The number of carbonyl (C=O) groups excluding carboxylic acids is 1. The summed E-state index contributed by atoms with van der Waals surface area (Å²) in [5.41, 5.74) is 0.813. The number of hydrogen-bond acceptors (Lipinski definition) is 3. The van der Waals surface area contributed by atoms with Gasteiger partial charge in [-0.3, -0.25) is 0 Å². The molecule has 0 atom stereocenters. The van der Waals surface area contributed by atoms with E-state index in [0.717, 1.165) is 5.69 Å². The Morgan fingerprint density at radius 2 is 2.38 bits per heavy atom. The normalized spacial score (nSPS) is 9.69. The highest BCUT2D eigenvalue weighted by Crippen LogP contribution is 2.00. The van der Waals surface area contributed by atoms with Gasteiger partial charge in [0.25, 0.3) is 0 Å². The maximum atomic E-state index is 10.9. The van der Waals surface area contributed by atoms with Crippen molar-refractivity contribution in [3.8, 4) is 0 Å². The van der Waals surface area contributed by atoms with Crippen LogP contribution in [-0.2, 0) is 6.54 Å². The van der Waals surface area contributed by atoms with Crippen LogP contribution in [0, 0.1) is 6.92 Å². The minimum atomic E-state index is -0.198. The molecule has 1 aromatic rings. The van der Waals surface area contributed by atoms with Crippen LogP contribution in [0.4, 0.5) is 4.79 Å². The van der Waals surface area contributed by atoms with Crippen molar-refractivity contribution >= 4 is 6.03 Å². The van der Waals surface area contributed by atoms with Crippen LogP contribution in [0.2, 0.25) is 0 Å². The van der Waals surface area contributed by atoms with Crippen LogP contribution in [0.3, 0.4) is 0 Å². The first-order valence-electron chi connectivity index (χ1n) is 4.16. The van der Waals surface area contributed by atoms with Crippen molar-refractivity contribution in [1.29, 1.82) is 0 Å². The molecule has 13 heavy (non-hydrogen) atoms. The Morgan fingerprint density at radius 1 is 1.62 bits per heavy atom. The Bertz CT molecular complexity index is 283. The number of aromatic nitrogens is 1. The van der Waals surface area contributed by atoms with E-state index in [-0.39, 0.29) is 6.03 Å². The quantitative estimate of drug-likeness (QED) is 0.728. The zero-order valence-electron chi connectivity index (χ0n) is 7.76. The van der Waals surface area contributed by atoms with Crippen molar-refractivity contribution in [3.05, 3.63) is 17.5 Å². The zero-order chi connectivity index (χ0) is 9.68. The standard InChI is InChI=1S/C8H13N3O2/c1-3-9-8(12)10-5-7-4-6(2)11-13-7/h4H,3,5H2,1-2H3,(H2,9,10,12). The van der Waals surface area contributed by atoms with Gasteiger partial charge in [-0.1, -0.05) is 5.16 Å². The molecule has 1 rings (SSSR count). The number of aryl methyl sites for hydroxylation is 1. The average molecular weight is 183 g/mol. The van der Waals surface area contributed by atoms with Gasteiger partial charge in [0.1, 0.15) is 0 Å². The second-order valence-corrected chi connectivity index (χ2v) is 2.65. The summed E-state index contributed by atoms with van der Waals surface area (Å²) in [7, 11) is 0. The molecule has 0 spiro atoms. The van der Waals surface area contributed by atoms with Crippen molar-refractivity contribution in [2.75, 3.05) is 6.54 Å². The summed E-state index contributed by atoms with van der Waals surface area (Å²) in [4.78, 5) is 10.9. The molecule has 0 unspecified atom stereocenters. The van der Waals surface area contributed by atoms with Gasteiger partial charge in [-0.15, -0.1) is 0 Å². The summed E-state index contributed by atoms with van der Waals surface area (Å²) in [6, 6.07) is 1.59. The average Bonchev–Trinajstić information content (AvgIpc) is 2.49. The van der Waals surface area contributed by atoms with Crippen LogP contribution in [0.5, 0.6) is 0 Å². The number of carbonyl (C=O) groups is 1. The predicted molar refractivity (Wildman–Crippen MR) is 47.2 cm³/mol. The molecule has 0 radical (unpaired) electrons. The van der Waals surface area contributed by atoms with Gasteiger partial charge < -0.3 is 15.2 Å². The molecule has 72 valence electrons. The van der Waals surface area contributed by atoms with Gasteiger partial charge in [0, 0.05) is 12.6 Å². The fraction of sp³-hybridized carbons (Fsp3) is 0.500. The van der Waals surface area contributed by atoms with E-state index in [1.54, 1.807) is 6.07 Å². The lowest BCUT2D eigenvalue weighted by atomic mass is 10.4. The SMILES string of the molecule is CCNC(=O)NCc1cc(C)no1. The second kappa shape index (κ2) is 4.49. The fourth-order valence-corrected chi connectivity index (χ4v) is 0.890. The molecule has 5 nitrogen and oxygen atoms in total. The van der Waals surface area contributed by atoms with Gasteiger partial charge in [0.15, 0.2) is 5.76 Å². The molecule has 0 fully saturated rings. The lowest BCUT2D eigenvalue weighted by molar-refractivity contribution is 0.239. The summed E-state index contributed by atoms with van der Waals surface area (Å²) in [6.45, 7) is 4.67. The van der Waals surface area contributed by atoms with E-state index in [0.29, 0.717) is 18.8 Å². The molecule has 0 bridgehead atoms. The molecule has 0 saturated carbocycles. The predicted octanol–water partition coefficient (Wildman–Crippen LogP) is 0.802. The highest BCUT2D eigenvalue weighted by Gasteiger charge is 2.02. The number of nitrogens with zero attached hydrogens (tertiary/aromatic N) is 1. The summed E-state index contributed by atoms with van der Waals surface area (Å²) in [5.74, 6) is 0.656. The van der Waals surface area contributed by atoms with Gasteiger partial charge in [0.05, 0.1) is 12.2 Å². The van der Waals surface area contributed by atoms with Gasteiger partial charge in [-0.2, -0.15) is 0 Å². The Kier molecular flexibility index (Phi) is 3.31. The third-order valence-electron chi connectivity index (χ3n) is 1.44. The van der Waals surface area contributed by atoms with Crippen LogP contribution in [0.15, 0.2) is 10.6 Å². The largest absolute Gasteiger partial charge is 0.359 e. The molecule has 1 aromatic heterocycles. The molecule has 0 aliphatic rings. The zero-order valence-corrected chi connectivity index (χ0v) is 7.76. The summed E-state index contributed by atoms with van der Waals surface area (Å²) < 4.78 is 4.90. The van der Waals surface area contributed by atoms with E-state index in [4.69, 9.17) is 4.52 Å². The molecule has 5 heteroatoms. The molecular weight excluding hydrogens is 170 g/mol. The minimum Gasteiger partial charge on any atom is -0.359 e. The van der Waals surface area contributed by atoms with Gasteiger partial charge in [-0.25, -0.2) is 4.79 Å². The van der Waals surface area contributed by atoms with Crippen LogP contribution in [0.1, 0.15) is 18.4 Å². The van der Waals surface area contributed by atoms with Crippen molar-refractivity contribution in [1.82, 2.24) is 15.8 Å². The van der Waals surface area contributed by atoms with Crippen molar-refractivity contribution in [3.63, 3.8) is 0 Å². The summed E-state index contributed by atoms with van der Waals surface area (Å²) in [5, 5.41) is 8.93. The second-order valence-electron chi connectivity index (χ2n) is 2.65. The molecule has 0 aliphatic heterocycles. The first kappa shape index (κ1) is 9.57. The van der Waals surface area contributed by atoms with Crippen molar-refractivity contribution < 1.29 is 9.32 Å².